The zero-order chi connectivity index (χ0) is 21.3. The molecule has 2 amide bonds. The summed E-state index contributed by atoms with van der Waals surface area (Å²) in [5.74, 6) is -0.673. The zero-order valence-electron chi connectivity index (χ0n) is 16.3. The van der Waals surface area contributed by atoms with E-state index in [0.29, 0.717) is 13.0 Å². The van der Waals surface area contributed by atoms with Crippen molar-refractivity contribution in [3.63, 3.8) is 0 Å². The van der Waals surface area contributed by atoms with Crippen LogP contribution in [0.4, 0.5) is 11.4 Å². The number of amides is 2. The van der Waals surface area contributed by atoms with E-state index < -0.39 is 16.9 Å². The molecule has 1 saturated heterocycles. The van der Waals surface area contributed by atoms with Gasteiger partial charge in [0.15, 0.2) is 0 Å². The van der Waals surface area contributed by atoms with E-state index in [0.717, 1.165) is 21.4 Å². The van der Waals surface area contributed by atoms with Gasteiger partial charge in [-0.25, -0.2) is 4.90 Å². The molecule has 2 aromatic carbocycles. The number of nitrogens with one attached hydrogen (secondary N) is 2. The quantitative estimate of drug-likeness (QED) is 0.352. The maximum atomic E-state index is 12.9. The highest BCUT2D eigenvalue weighted by Gasteiger charge is 2.40. The number of H-pyrrole nitrogens is 1. The molecule has 4 rings (SSSR count). The Morgan fingerprint density at radius 2 is 2.07 bits per heavy atom. The van der Waals surface area contributed by atoms with Crippen LogP contribution in [-0.2, 0) is 16.0 Å². The first-order valence-electron chi connectivity index (χ1n) is 9.47. The average Bonchev–Trinajstić information content (AvgIpc) is 3.28. The fraction of sp³-hybridized carbons (Fsp3) is 0.238. The van der Waals surface area contributed by atoms with Crippen LogP contribution in [0.25, 0.3) is 10.9 Å². The van der Waals surface area contributed by atoms with E-state index >= 15 is 0 Å². The number of carbonyl (C=O) groups excluding carboxylic acids is 2. The summed E-state index contributed by atoms with van der Waals surface area (Å²) in [6.45, 7) is 0.525. The molecule has 30 heavy (non-hydrogen) atoms. The van der Waals surface area contributed by atoms with Crippen molar-refractivity contribution < 1.29 is 19.2 Å². The summed E-state index contributed by atoms with van der Waals surface area (Å²) in [6, 6.07) is 11.1. The molecule has 1 aromatic heterocycles. The van der Waals surface area contributed by atoms with E-state index in [-0.39, 0.29) is 29.5 Å². The van der Waals surface area contributed by atoms with Gasteiger partial charge in [0.25, 0.3) is 11.6 Å². The van der Waals surface area contributed by atoms with Crippen molar-refractivity contribution in [3.05, 3.63) is 64.3 Å². The van der Waals surface area contributed by atoms with Gasteiger partial charge in [-0.05, 0) is 24.1 Å². The smallest absolute Gasteiger partial charge is 0.273 e. The molecule has 1 aliphatic rings. The summed E-state index contributed by atoms with van der Waals surface area (Å²) in [5.41, 5.74) is 2.21. The maximum Gasteiger partial charge on any atom is 0.273 e. The second-order valence-electron chi connectivity index (χ2n) is 7.00. The van der Waals surface area contributed by atoms with Crippen molar-refractivity contribution in [2.45, 2.75) is 18.9 Å². The minimum atomic E-state index is -0.650. The topological polar surface area (TPSA) is 118 Å². The standard InChI is InChI=1S/C21H20N4O5/c1-30-19-10-14(25(28)29)6-7-18(19)24-20(26)11-17(21(24)27)22-9-8-13-12-23-16-5-3-2-4-15(13)16/h2-7,10,12,17,22-23H,8-9,11H2,1H3. The van der Waals surface area contributed by atoms with E-state index in [9.17, 15) is 19.7 Å². The molecule has 1 unspecified atom stereocenters. The van der Waals surface area contributed by atoms with Gasteiger partial charge in [0, 0.05) is 29.7 Å². The summed E-state index contributed by atoms with van der Waals surface area (Å²) in [4.78, 5) is 40.0. The summed E-state index contributed by atoms with van der Waals surface area (Å²) < 4.78 is 5.18. The molecule has 1 atom stereocenters. The molecule has 0 aliphatic carbocycles. The fourth-order valence-corrected chi connectivity index (χ4v) is 3.73. The molecule has 154 valence electrons. The van der Waals surface area contributed by atoms with Gasteiger partial charge in [0.05, 0.1) is 36.2 Å². The van der Waals surface area contributed by atoms with Gasteiger partial charge in [-0.1, -0.05) is 18.2 Å². The molecule has 1 aliphatic heterocycles. The summed E-state index contributed by atoms with van der Waals surface area (Å²) in [7, 11) is 1.34. The van der Waals surface area contributed by atoms with Gasteiger partial charge < -0.3 is 15.0 Å². The number of fused-ring (bicyclic) bond motifs is 1. The molecule has 2 N–H and O–H groups in total. The molecule has 3 aromatic rings. The number of non-ortho nitro benzene ring substituents is 1. The Labute approximate surface area is 171 Å². The minimum Gasteiger partial charge on any atom is -0.494 e. The van der Waals surface area contributed by atoms with Crippen molar-refractivity contribution in [2.24, 2.45) is 0 Å². The molecule has 0 spiro atoms. The fourth-order valence-electron chi connectivity index (χ4n) is 3.73. The molecule has 2 heterocycles. The number of aromatic amines is 1. The Bertz CT molecular complexity index is 1140. The molecule has 0 radical (unpaired) electrons. The lowest BCUT2D eigenvalue weighted by atomic mass is 10.1. The lowest BCUT2D eigenvalue weighted by Crippen LogP contribution is -2.39. The number of imide groups is 1. The summed E-state index contributed by atoms with van der Waals surface area (Å²) in [5, 5.41) is 15.3. The largest absolute Gasteiger partial charge is 0.494 e. The molecular formula is C21H20N4O5. The van der Waals surface area contributed by atoms with Crippen LogP contribution in [0.5, 0.6) is 5.75 Å². The number of para-hydroxylation sites is 1. The van der Waals surface area contributed by atoms with Gasteiger partial charge in [0.2, 0.25) is 5.91 Å². The number of methoxy groups -OCH3 is 1. The van der Waals surface area contributed by atoms with E-state index in [4.69, 9.17) is 4.74 Å². The monoisotopic (exact) mass is 408 g/mol. The number of nitro groups is 1. The Morgan fingerprint density at radius 3 is 2.83 bits per heavy atom. The zero-order valence-corrected chi connectivity index (χ0v) is 16.3. The third kappa shape index (κ3) is 3.50. The number of benzene rings is 2. The van der Waals surface area contributed by atoms with Crippen LogP contribution in [0.15, 0.2) is 48.7 Å². The first-order chi connectivity index (χ1) is 14.5. The number of anilines is 1. The second kappa shape index (κ2) is 7.96. The summed E-state index contributed by atoms with van der Waals surface area (Å²) in [6.07, 6.45) is 2.66. The Kier molecular flexibility index (Phi) is 5.20. The van der Waals surface area contributed by atoms with Crippen LogP contribution < -0.4 is 15.0 Å². The van der Waals surface area contributed by atoms with Crippen LogP contribution in [0, 0.1) is 10.1 Å². The number of hydrogen-bond acceptors (Lipinski definition) is 6. The Hall–Kier alpha value is -3.72. The predicted molar refractivity (Wildman–Crippen MR) is 111 cm³/mol. The van der Waals surface area contributed by atoms with Gasteiger partial charge in [-0.3, -0.25) is 19.7 Å². The Morgan fingerprint density at radius 1 is 1.27 bits per heavy atom. The first kappa shape index (κ1) is 19.6. The van der Waals surface area contributed by atoms with E-state index in [1.54, 1.807) is 0 Å². The van der Waals surface area contributed by atoms with E-state index in [2.05, 4.69) is 10.3 Å². The highest BCUT2D eigenvalue weighted by Crippen LogP contribution is 2.35. The van der Waals surface area contributed by atoms with Crippen LogP contribution in [0.1, 0.15) is 12.0 Å². The number of carbonyl (C=O) groups is 2. The van der Waals surface area contributed by atoms with Crippen molar-refractivity contribution in [3.8, 4) is 5.75 Å². The third-order valence-corrected chi connectivity index (χ3v) is 5.22. The lowest BCUT2D eigenvalue weighted by Gasteiger charge is -2.18. The van der Waals surface area contributed by atoms with Gasteiger partial charge in [0.1, 0.15) is 5.75 Å². The van der Waals surface area contributed by atoms with E-state index in [1.807, 2.05) is 30.5 Å². The minimum absolute atomic E-state index is 0.0207. The van der Waals surface area contributed by atoms with Crippen LogP contribution in [0.3, 0.4) is 0 Å². The molecule has 1 fully saturated rings. The third-order valence-electron chi connectivity index (χ3n) is 5.22. The van der Waals surface area contributed by atoms with Crippen molar-refractivity contribution in [1.82, 2.24) is 10.3 Å². The number of rotatable bonds is 7. The van der Waals surface area contributed by atoms with Gasteiger partial charge in [-0.15, -0.1) is 0 Å². The lowest BCUT2D eigenvalue weighted by molar-refractivity contribution is -0.384. The van der Waals surface area contributed by atoms with Crippen LogP contribution in [-0.4, -0.2) is 41.4 Å². The molecule has 0 bridgehead atoms. The maximum absolute atomic E-state index is 12.9. The SMILES string of the molecule is COc1cc([N+](=O)[O-])ccc1N1C(=O)CC(NCCc2c[nH]c3ccccc23)C1=O. The predicted octanol–water partition coefficient (Wildman–Crippen LogP) is 2.55. The normalized spacial score (nSPS) is 16.4. The van der Waals surface area contributed by atoms with Crippen molar-refractivity contribution in [1.29, 1.82) is 0 Å². The Balaban J connectivity index is 1.46. The second-order valence-corrected chi connectivity index (χ2v) is 7.00. The number of ether oxygens (including phenoxy) is 1. The number of hydrogen-bond donors (Lipinski definition) is 2. The van der Waals surface area contributed by atoms with Gasteiger partial charge in [-0.2, -0.15) is 0 Å². The molecule has 9 nitrogen and oxygen atoms in total. The molecule has 0 saturated carbocycles. The molecule has 9 heteroatoms. The van der Waals surface area contributed by atoms with Crippen LogP contribution in [0.2, 0.25) is 0 Å². The van der Waals surface area contributed by atoms with Crippen molar-refractivity contribution >= 4 is 34.1 Å². The van der Waals surface area contributed by atoms with Gasteiger partial charge >= 0.3 is 0 Å². The molecular weight excluding hydrogens is 388 g/mol. The first-order valence-corrected chi connectivity index (χ1v) is 9.47. The average molecular weight is 408 g/mol. The number of aromatic nitrogens is 1. The van der Waals surface area contributed by atoms with Crippen LogP contribution >= 0.6 is 0 Å². The van der Waals surface area contributed by atoms with E-state index in [1.165, 1.54) is 25.3 Å². The van der Waals surface area contributed by atoms with Crippen molar-refractivity contribution in [2.75, 3.05) is 18.6 Å². The number of nitro benzene ring substituents is 1. The number of nitrogens with zero attached hydrogens (tertiary/aromatic N) is 2. The summed E-state index contributed by atoms with van der Waals surface area (Å²) >= 11 is 0. The highest BCUT2D eigenvalue weighted by atomic mass is 16.6. The highest BCUT2D eigenvalue weighted by molar-refractivity contribution is 6.23.